The molecule has 6 nitrogen and oxygen atoms in total. The SMILES string of the molecule is COC(=O)c1nccc(C(F)(F)F)c1[N+](=O)[O-]. The second kappa shape index (κ2) is 4.36. The van der Waals surface area contributed by atoms with E-state index in [0.717, 1.165) is 7.11 Å². The van der Waals surface area contributed by atoms with Gasteiger partial charge in [-0.15, -0.1) is 0 Å². The van der Waals surface area contributed by atoms with Crippen molar-refractivity contribution >= 4 is 11.7 Å². The van der Waals surface area contributed by atoms with Gasteiger partial charge in [0.1, 0.15) is 5.56 Å². The number of nitrogens with zero attached hydrogens (tertiary/aromatic N) is 2. The molecule has 0 N–H and O–H groups in total. The van der Waals surface area contributed by atoms with Crippen LogP contribution in [0.5, 0.6) is 0 Å². The first-order valence-electron chi connectivity index (χ1n) is 4.08. The van der Waals surface area contributed by atoms with Crippen LogP contribution in [0.2, 0.25) is 0 Å². The van der Waals surface area contributed by atoms with Crippen LogP contribution in [-0.4, -0.2) is 23.0 Å². The smallest absolute Gasteiger partial charge is 0.423 e. The normalized spacial score (nSPS) is 11.1. The molecular formula is C8H5F3N2O4. The van der Waals surface area contributed by atoms with Gasteiger partial charge in [0, 0.05) is 6.20 Å². The molecule has 0 fully saturated rings. The first-order chi connectivity index (χ1) is 7.79. The van der Waals surface area contributed by atoms with Gasteiger partial charge in [0.15, 0.2) is 0 Å². The van der Waals surface area contributed by atoms with Gasteiger partial charge >= 0.3 is 17.8 Å². The van der Waals surface area contributed by atoms with Crippen LogP contribution in [-0.2, 0) is 10.9 Å². The van der Waals surface area contributed by atoms with Crippen LogP contribution in [0.1, 0.15) is 16.1 Å². The number of halogens is 3. The van der Waals surface area contributed by atoms with Crippen molar-refractivity contribution in [1.29, 1.82) is 0 Å². The number of carbonyl (C=O) groups excluding carboxylic acids is 1. The Bertz CT molecular complexity index is 472. The van der Waals surface area contributed by atoms with Crippen molar-refractivity contribution in [3.8, 4) is 0 Å². The third kappa shape index (κ3) is 2.49. The molecule has 0 aromatic carbocycles. The Morgan fingerprint density at radius 2 is 2.12 bits per heavy atom. The Hall–Kier alpha value is -2.19. The third-order valence-corrected chi connectivity index (χ3v) is 1.79. The van der Waals surface area contributed by atoms with Crippen molar-refractivity contribution in [2.45, 2.75) is 6.18 Å². The van der Waals surface area contributed by atoms with E-state index >= 15 is 0 Å². The zero-order chi connectivity index (χ0) is 13.2. The first kappa shape index (κ1) is 12.9. The van der Waals surface area contributed by atoms with E-state index in [-0.39, 0.29) is 0 Å². The quantitative estimate of drug-likeness (QED) is 0.454. The van der Waals surface area contributed by atoms with E-state index in [2.05, 4.69) is 9.72 Å². The first-order valence-corrected chi connectivity index (χ1v) is 4.08. The number of methoxy groups -OCH3 is 1. The molecule has 92 valence electrons. The zero-order valence-corrected chi connectivity index (χ0v) is 8.32. The largest absolute Gasteiger partial charge is 0.464 e. The van der Waals surface area contributed by atoms with Gasteiger partial charge in [-0.05, 0) is 6.07 Å². The van der Waals surface area contributed by atoms with Gasteiger partial charge in [-0.3, -0.25) is 10.1 Å². The fourth-order valence-corrected chi connectivity index (χ4v) is 1.11. The van der Waals surface area contributed by atoms with Crippen molar-refractivity contribution in [3.05, 3.63) is 33.6 Å². The van der Waals surface area contributed by atoms with Crippen LogP contribution in [0.15, 0.2) is 12.3 Å². The Morgan fingerprint density at radius 3 is 2.53 bits per heavy atom. The van der Waals surface area contributed by atoms with Gasteiger partial charge in [-0.1, -0.05) is 0 Å². The molecule has 0 bridgehead atoms. The highest BCUT2D eigenvalue weighted by Crippen LogP contribution is 2.37. The highest BCUT2D eigenvalue weighted by Gasteiger charge is 2.41. The van der Waals surface area contributed by atoms with Gasteiger partial charge in [0.2, 0.25) is 5.69 Å². The van der Waals surface area contributed by atoms with Crippen molar-refractivity contribution in [3.63, 3.8) is 0 Å². The molecule has 0 radical (unpaired) electrons. The van der Waals surface area contributed by atoms with Crippen LogP contribution in [0.25, 0.3) is 0 Å². The molecule has 1 aromatic rings. The highest BCUT2D eigenvalue weighted by molar-refractivity contribution is 5.92. The molecule has 0 atom stereocenters. The standard InChI is InChI=1S/C8H5F3N2O4/c1-17-7(14)5-6(13(15)16)4(2-3-12-5)8(9,10)11/h2-3H,1H3. The highest BCUT2D eigenvalue weighted by atomic mass is 19.4. The van der Waals surface area contributed by atoms with E-state index in [4.69, 9.17) is 0 Å². The molecule has 0 aliphatic heterocycles. The van der Waals surface area contributed by atoms with Crippen LogP contribution in [0, 0.1) is 10.1 Å². The summed E-state index contributed by atoms with van der Waals surface area (Å²) in [6.07, 6.45) is -4.30. The van der Waals surface area contributed by atoms with E-state index in [1.165, 1.54) is 0 Å². The molecule has 1 rings (SSSR count). The van der Waals surface area contributed by atoms with Gasteiger partial charge in [-0.25, -0.2) is 9.78 Å². The summed E-state index contributed by atoms with van der Waals surface area (Å²) >= 11 is 0. The Balaban J connectivity index is 3.54. The molecule has 0 unspecified atom stereocenters. The molecule has 9 heteroatoms. The van der Waals surface area contributed by atoms with Crippen LogP contribution in [0.3, 0.4) is 0 Å². The molecule has 17 heavy (non-hydrogen) atoms. The predicted octanol–water partition coefficient (Wildman–Crippen LogP) is 1.80. The van der Waals surface area contributed by atoms with Crippen LogP contribution < -0.4 is 0 Å². The lowest BCUT2D eigenvalue weighted by Gasteiger charge is -2.08. The minimum atomic E-state index is -4.95. The predicted molar refractivity (Wildman–Crippen MR) is 47.2 cm³/mol. The molecule has 0 aliphatic rings. The van der Waals surface area contributed by atoms with E-state index < -0.39 is 34.0 Å². The molecule has 1 heterocycles. The van der Waals surface area contributed by atoms with Crippen molar-refractivity contribution in [2.24, 2.45) is 0 Å². The van der Waals surface area contributed by atoms with E-state index in [0.29, 0.717) is 12.3 Å². The molecule has 0 saturated carbocycles. The Kier molecular flexibility index (Phi) is 3.30. The number of ether oxygens (including phenoxy) is 1. The van der Waals surface area contributed by atoms with Gasteiger partial charge in [0.25, 0.3) is 0 Å². The fourth-order valence-electron chi connectivity index (χ4n) is 1.11. The van der Waals surface area contributed by atoms with Crippen molar-refractivity contribution in [1.82, 2.24) is 4.98 Å². The summed E-state index contributed by atoms with van der Waals surface area (Å²) in [5.74, 6) is -1.30. The number of aromatic nitrogens is 1. The topological polar surface area (TPSA) is 82.3 Å². The molecule has 0 aliphatic carbocycles. The number of nitro groups is 1. The molecule has 0 saturated heterocycles. The minimum Gasteiger partial charge on any atom is -0.464 e. The maximum atomic E-state index is 12.5. The summed E-state index contributed by atoms with van der Waals surface area (Å²) in [6, 6.07) is 0.421. The molecule has 1 aromatic heterocycles. The maximum Gasteiger partial charge on any atom is 0.423 e. The lowest BCUT2D eigenvalue weighted by Crippen LogP contribution is -2.15. The van der Waals surface area contributed by atoms with E-state index in [1.807, 2.05) is 0 Å². The fraction of sp³-hybridized carbons (Fsp3) is 0.250. The van der Waals surface area contributed by atoms with Gasteiger partial charge in [0.05, 0.1) is 12.0 Å². The van der Waals surface area contributed by atoms with Crippen LogP contribution in [0.4, 0.5) is 18.9 Å². The average Bonchev–Trinajstić information content (AvgIpc) is 2.25. The summed E-state index contributed by atoms with van der Waals surface area (Å²) in [7, 11) is 0.883. The molecule has 0 amide bonds. The number of rotatable bonds is 2. The van der Waals surface area contributed by atoms with Gasteiger partial charge in [-0.2, -0.15) is 13.2 Å². The summed E-state index contributed by atoms with van der Waals surface area (Å²) in [6.45, 7) is 0. The zero-order valence-electron chi connectivity index (χ0n) is 8.32. The Morgan fingerprint density at radius 1 is 1.53 bits per heavy atom. The van der Waals surface area contributed by atoms with Crippen molar-refractivity contribution in [2.75, 3.05) is 7.11 Å². The van der Waals surface area contributed by atoms with E-state index in [9.17, 15) is 28.1 Å². The number of pyridine rings is 1. The lowest BCUT2D eigenvalue weighted by atomic mass is 10.1. The second-order valence-corrected chi connectivity index (χ2v) is 2.80. The second-order valence-electron chi connectivity index (χ2n) is 2.80. The third-order valence-electron chi connectivity index (χ3n) is 1.79. The number of hydrogen-bond donors (Lipinski definition) is 0. The Labute approximate surface area is 92.2 Å². The van der Waals surface area contributed by atoms with E-state index in [1.54, 1.807) is 0 Å². The summed E-state index contributed by atoms with van der Waals surface area (Å²) in [4.78, 5) is 23.5. The van der Waals surface area contributed by atoms with Crippen molar-refractivity contribution < 1.29 is 27.6 Å². The minimum absolute atomic E-state index is 0.421. The van der Waals surface area contributed by atoms with Gasteiger partial charge < -0.3 is 4.74 Å². The number of carbonyl (C=O) groups is 1. The number of alkyl halides is 3. The lowest BCUT2D eigenvalue weighted by molar-refractivity contribution is -0.388. The maximum absolute atomic E-state index is 12.5. The molecule has 0 spiro atoms. The summed E-state index contributed by atoms with van der Waals surface area (Å²) < 4.78 is 41.5. The monoisotopic (exact) mass is 250 g/mol. The number of hydrogen-bond acceptors (Lipinski definition) is 5. The number of esters is 1. The summed E-state index contributed by atoms with van der Waals surface area (Å²) in [5, 5.41) is 10.6. The summed E-state index contributed by atoms with van der Waals surface area (Å²) in [5.41, 5.74) is -3.93. The molecular weight excluding hydrogens is 245 g/mol. The average molecular weight is 250 g/mol. The van der Waals surface area contributed by atoms with Crippen LogP contribution >= 0.6 is 0 Å².